The van der Waals surface area contributed by atoms with Crippen molar-refractivity contribution in [2.75, 3.05) is 44.2 Å². The van der Waals surface area contributed by atoms with Crippen LogP contribution in [-0.4, -0.2) is 87.2 Å². The molecule has 3 heterocycles. The van der Waals surface area contributed by atoms with Gasteiger partial charge in [-0.05, 0) is 36.6 Å². The van der Waals surface area contributed by atoms with E-state index in [0.29, 0.717) is 19.6 Å². The molecule has 1 aromatic heterocycles. The number of β-amino-alcohol motifs (C(OH)–C–C–N with tert-alkyl or cyclic N) is 1. The molecule has 30 heavy (non-hydrogen) atoms. The van der Waals surface area contributed by atoms with Crippen molar-refractivity contribution in [1.82, 2.24) is 19.6 Å². The summed E-state index contributed by atoms with van der Waals surface area (Å²) < 4.78 is 1.09. The molecule has 0 aliphatic carbocycles. The first-order valence-electron chi connectivity index (χ1n) is 10.2. The van der Waals surface area contributed by atoms with Gasteiger partial charge in [-0.15, -0.1) is 0 Å². The summed E-state index contributed by atoms with van der Waals surface area (Å²) in [5.41, 5.74) is 3.47. The number of hydrogen-bond donors (Lipinski definition) is 2. The molecule has 9 nitrogen and oxygen atoms in total. The van der Waals surface area contributed by atoms with Crippen LogP contribution < -0.4 is 4.90 Å². The van der Waals surface area contributed by atoms with Crippen LogP contribution in [0.2, 0.25) is 0 Å². The van der Waals surface area contributed by atoms with Crippen LogP contribution in [0.1, 0.15) is 28.0 Å². The molecule has 0 saturated carbocycles. The maximum absolute atomic E-state index is 12.6. The summed E-state index contributed by atoms with van der Waals surface area (Å²) in [6, 6.07) is 7.48. The Balaban J connectivity index is 1.38. The zero-order chi connectivity index (χ0) is 21.3. The molecular weight excluding hydrogens is 386 g/mol. The van der Waals surface area contributed by atoms with E-state index < -0.39 is 5.97 Å². The highest BCUT2D eigenvalue weighted by Crippen LogP contribution is 2.27. The van der Waals surface area contributed by atoms with Crippen molar-refractivity contribution in [3.05, 3.63) is 47.3 Å². The molecule has 2 aromatic rings. The predicted molar refractivity (Wildman–Crippen MR) is 111 cm³/mol. The van der Waals surface area contributed by atoms with Gasteiger partial charge in [0.1, 0.15) is 0 Å². The topological polar surface area (TPSA) is 102 Å². The smallest absolute Gasteiger partial charge is 0.356 e. The molecule has 0 bridgehead atoms. The van der Waals surface area contributed by atoms with E-state index in [2.05, 4.69) is 40.0 Å². The molecule has 2 fully saturated rings. The van der Waals surface area contributed by atoms with Crippen molar-refractivity contribution in [2.24, 2.45) is 0 Å². The SMILES string of the molecule is Cc1ccc(CN2CCN(C(=O)n3ccc(C(=O)O)n3)CC2)c(N2CC[C@@H](O)C2)c1. The number of piperazine rings is 1. The lowest BCUT2D eigenvalue weighted by atomic mass is 10.1. The number of hydrogen-bond acceptors (Lipinski definition) is 6. The molecular formula is C21H27N5O4. The number of amides is 1. The molecule has 9 heteroatoms. The van der Waals surface area contributed by atoms with E-state index in [1.807, 2.05) is 0 Å². The zero-order valence-electron chi connectivity index (χ0n) is 17.1. The quantitative estimate of drug-likeness (QED) is 0.778. The van der Waals surface area contributed by atoms with Gasteiger partial charge in [-0.1, -0.05) is 12.1 Å². The molecule has 1 aromatic carbocycles. The molecule has 4 rings (SSSR count). The van der Waals surface area contributed by atoms with E-state index in [-0.39, 0.29) is 17.8 Å². The maximum atomic E-state index is 12.6. The number of carbonyl (C=O) groups excluding carboxylic acids is 1. The predicted octanol–water partition coefficient (Wildman–Crippen LogP) is 1.25. The number of carboxylic acid groups (broad SMARTS) is 1. The second-order valence-electron chi connectivity index (χ2n) is 8.02. The summed E-state index contributed by atoms with van der Waals surface area (Å²) in [6.07, 6.45) is 1.92. The van der Waals surface area contributed by atoms with Crippen molar-refractivity contribution < 1.29 is 19.8 Å². The lowest BCUT2D eigenvalue weighted by Crippen LogP contribution is -2.49. The Kier molecular flexibility index (Phi) is 5.74. The van der Waals surface area contributed by atoms with Crippen LogP contribution in [0.3, 0.4) is 0 Å². The molecule has 2 saturated heterocycles. The highest BCUT2D eigenvalue weighted by atomic mass is 16.4. The van der Waals surface area contributed by atoms with E-state index in [1.165, 1.54) is 29.1 Å². The summed E-state index contributed by atoms with van der Waals surface area (Å²) in [6.45, 7) is 6.98. The first-order chi connectivity index (χ1) is 14.4. The largest absolute Gasteiger partial charge is 0.476 e. The molecule has 0 spiro atoms. The minimum Gasteiger partial charge on any atom is -0.476 e. The number of carboxylic acids is 1. The average molecular weight is 413 g/mol. The van der Waals surface area contributed by atoms with Gasteiger partial charge in [0.05, 0.1) is 6.10 Å². The van der Waals surface area contributed by atoms with E-state index in [0.717, 1.165) is 37.3 Å². The zero-order valence-corrected chi connectivity index (χ0v) is 17.1. The average Bonchev–Trinajstić information content (AvgIpc) is 3.39. The van der Waals surface area contributed by atoms with Crippen molar-refractivity contribution in [3.8, 4) is 0 Å². The third-order valence-corrected chi connectivity index (χ3v) is 5.79. The van der Waals surface area contributed by atoms with Crippen LogP contribution in [0.25, 0.3) is 0 Å². The van der Waals surface area contributed by atoms with Crippen LogP contribution in [-0.2, 0) is 6.54 Å². The Hall–Kier alpha value is -2.91. The first-order valence-corrected chi connectivity index (χ1v) is 10.2. The third-order valence-electron chi connectivity index (χ3n) is 5.79. The molecule has 1 amide bonds. The van der Waals surface area contributed by atoms with Crippen LogP contribution in [0.4, 0.5) is 10.5 Å². The van der Waals surface area contributed by atoms with Crippen LogP contribution in [0.15, 0.2) is 30.5 Å². The number of aliphatic hydroxyl groups excluding tert-OH is 1. The molecule has 1 atom stereocenters. The summed E-state index contributed by atoms with van der Waals surface area (Å²) >= 11 is 0. The molecule has 2 aliphatic rings. The number of anilines is 1. The fraction of sp³-hybridized carbons (Fsp3) is 0.476. The Morgan fingerprint density at radius 1 is 1.13 bits per heavy atom. The van der Waals surface area contributed by atoms with Gasteiger partial charge in [-0.3, -0.25) is 4.90 Å². The van der Waals surface area contributed by atoms with Crippen molar-refractivity contribution in [3.63, 3.8) is 0 Å². The minimum absolute atomic E-state index is 0.138. The number of aromatic carboxylic acids is 1. The number of benzene rings is 1. The van der Waals surface area contributed by atoms with Crippen molar-refractivity contribution >= 4 is 17.7 Å². The van der Waals surface area contributed by atoms with Gasteiger partial charge in [0, 0.05) is 57.7 Å². The molecule has 2 aliphatic heterocycles. The lowest BCUT2D eigenvalue weighted by Gasteiger charge is -2.35. The van der Waals surface area contributed by atoms with Gasteiger partial charge in [0.2, 0.25) is 0 Å². The standard InChI is InChI=1S/C21H27N5O4/c1-15-2-3-16(19(12-15)25-6-4-17(27)14-25)13-23-8-10-24(11-9-23)21(30)26-7-5-18(22-26)20(28)29/h2-3,5,7,12,17,27H,4,6,8-11,13-14H2,1H3,(H,28,29)/t17-/m1/s1. The number of aryl methyl sites for hydroxylation is 1. The van der Waals surface area contributed by atoms with E-state index in [1.54, 1.807) is 4.90 Å². The van der Waals surface area contributed by atoms with Gasteiger partial charge in [-0.25, -0.2) is 9.59 Å². The number of carbonyl (C=O) groups is 2. The highest BCUT2D eigenvalue weighted by Gasteiger charge is 2.26. The Labute approximate surface area is 175 Å². The molecule has 2 N–H and O–H groups in total. The minimum atomic E-state index is -1.15. The van der Waals surface area contributed by atoms with Crippen molar-refractivity contribution in [1.29, 1.82) is 0 Å². The van der Waals surface area contributed by atoms with Crippen LogP contribution >= 0.6 is 0 Å². The molecule has 0 unspecified atom stereocenters. The first kappa shape index (κ1) is 20.4. The van der Waals surface area contributed by atoms with Gasteiger partial charge in [0.25, 0.3) is 0 Å². The van der Waals surface area contributed by atoms with Crippen molar-refractivity contribution in [2.45, 2.75) is 26.0 Å². The third kappa shape index (κ3) is 4.31. The molecule has 160 valence electrons. The van der Waals surface area contributed by atoms with Gasteiger partial charge in [0.15, 0.2) is 5.69 Å². The summed E-state index contributed by atoms with van der Waals surface area (Å²) in [7, 11) is 0. The van der Waals surface area contributed by atoms with Crippen LogP contribution in [0.5, 0.6) is 0 Å². The maximum Gasteiger partial charge on any atom is 0.356 e. The fourth-order valence-electron chi connectivity index (χ4n) is 4.09. The summed E-state index contributed by atoms with van der Waals surface area (Å²) in [5.74, 6) is -1.15. The fourth-order valence-corrected chi connectivity index (χ4v) is 4.09. The second kappa shape index (κ2) is 8.45. The molecule has 0 radical (unpaired) electrons. The van der Waals surface area contributed by atoms with E-state index in [9.17, 15) is 14.7 Å². The van der Waals surface area contributed by atoms with Gasteiger partial charge < -0.3 is 20.0 Å². The normalized spacial score (nSPS) is 20.0. The van der Waals surface area contributed by atoms with E-state index in [4.69, 9.17) is 5.11 Å². The second-order valence-corrected chi connectivity index (χ2v) is 8.02. The van der Waals surface area contributed by atoms with Crippen LogP contribution in [0, 0.1) is 6.92 Å². The summed E-state index contributed by atoms with van der Waals surface area (Å²) in [4.78, 5) is 29.8. The Bertz CT molecular complexity index is 935. The monoisotopic (exact) mass is 413 g/mol. The lowest BCUT2D eigenvalue weighted by molar-refractivity contribution is 0.0689. The highest BCUT2D eigenvalue weighted by molar-refractivity contribution is 5.86. The Morgan fingerprint density at radius 2 is 1.90 bits per heavy atom. The van der Waals surface area contributed by atoms with E-state index >= 15 is 0 Å². The number of aliphatic hydroxyl groups is 1. The summed E-state index contributed by atoms with van der Waals surface area (Å²) in [5, 5.41) is 22.7. The number of nitrogens with zero attached hydrogens (tertiary/aromatic N) is 5. The number of rotatable bonds is 4. The van der Waals surface area contributed by atoms with Gasteiger partial charge in [-0.2, -0.15) is 9.78 Å². The van der Waals surface area contributed by atoms with Gasteiger partial charge >= 0.3 is 12.0 Å². The number of aromatic nitrogens is 2. The Morgan fingerprint density at radius 3 is 2.53 bits per heavy atom.